The molecule has 0 amide bonds. The Hall–Kier alpha value is -1.68. The van der Waals surface area contributed by atoms with Crippen molar-refractivity contribution in [1.82, 2.24) is 10.1 Å². The standard InChI is InChI=1S/C12H13N3O/c13-7-11-14-12(15-16-11)10-6-2-4-8-3-1-5-9(8)10/h2,4,6H,1,3,5,7,13H2. The summed E-state index contributed by atoms with van der Waals surface area (Å²) in [6.07, 6.45) is 3.48. The Labute approximate surface area is 93.5 Å². The molecule has 0 saturated carbocycles. The number of nitrogens with two attached hydrogens (primary N) is 1. The fraction of sp³-hybridized carbons (Fsp3) is 0.333. The first-order chi connectivity index (χ1) is 7.88. The summed E-state index contributed by atoms with van der Waals surface area (Å²) in [4.78, 5) is 4.27. The second-order valence-corrected chi connectivity index (χ2v) is 4.01. The summed E-state index contributed by atoms with van der Waals surface area (Å²) < 4.78 is 5.04. The van der Waals surface area contributed by atoms with Gasteiger partial charge in [0.2, 0.25) is 11.7 Å². The van der Waals surface area contributed by atoms with Crippen molar-refractivity contribution < 1.29 is 4.52 Å². The van der Waals surface area contributed by atoms with Gasteiger partial charge in [-0.25, -0.2) is 0 Å². The van der Waals surface area contributed by atoms with E-state index >= 15 is 0 Å². The molecule has 1 aliphatic carbocycles. The predicted octanol–water partition coefficient (Wildman–Crippen LogP) is 1.68. The van der Waals surface area contributed by atoms with E-state index in [0.29, 0.717) is 18.3 Å². The first kappa shape index (κ1) is 9.54. The Morgan fingerprint density at radius 3 is 3.06 bits per heavy atom. The van der Waals surface area contributed by atoms with Gasteiger partial charge in [-0.3, -0.25) is 0 Å². The number of rotatable bonds is 2. The van der Waals surface area contributed by atoms with E-state index in [4.69, 9.17) is 10.3 Å². The minimum Gasteiger partial charge on any atom is -0.338 e. The summed E-state index contributed by atoms with van der Waals surface area (Å²) in [7, 11) is 0. The summed E-state index contributed by atoms with van der Waals surface area (Å²) in [5, 5.41) is 3.97. The highest BCUT2D eigenvalue weighted by Gasteiger charge is 2.18. The maximum absolute atomic E-state index is 5.46. The molecule has 0 saturated heterocycles. The van der Waals surface area contributed by atoms with Gasteiger partial charge in [-0.1, -0.05) is 23.4 Å². The summed E-state index contributed by atoms with van der Waals surface area (Å²) in [6, 6.07) is 6.28. The Bertz CT molecular complexity index is 519. The van der Waals surface area contributed by atoms with Crippen LogP contribution in [0.25, 0.3) is 11.4 Å². The van der Waals surface area contributed by atoms with Crippen molar-refractivity contribution in [3.63, 3.8) is 0 Å². The first-order valence-electron chi connectivity index (χ1n) is 5.52. The summed E-state index contributed by atoms with van der Waals surface area (Å²) in [5.41, 5.74) is 9.33. The summed E-state index contributed by atoms with van der Waals surface area (Å²) in [6.45, 7) is 0.294. The van der Waals surface area contributed by atoms with Gasteiger partial charge in [-0.15, -0.1) is 0 Å². The lowest BCUT2D eigenvalue weighted by molar-refractivity contribution is 0.380. The minimum absolute atomic E-state index is 0.294. The SMILES string of the molecule is NCc1nc(-c2cccc3c2CCC3)no1. The molecule has 1 heterocycles. The number of aromatic nitrogens is 2. The molecule has 2 N–H and O–H groups in total. The molecule has 0 unspecified atom stereocenters. The molecule has 1 aromatic carbocycles. The van der Waals surface area contributed by atoms with Gasteiger partial charge in [0, 0.05) is 5.56 Å². The van der Waals surface area contributed by atoms with Crippen molar-refractivity contribution >= 4 is 0 Å². The zero-order valence-corrected chi connectivity index (χ0v) is 8.94. The van der Waals surface area contributed by atoms with Crippen molar-refractivity contribution in [2.75, 3.05) is 0 Å². The minimum atomic E-state index is 0.294. The zero-order chi connectivity index (χ0) is 11.0. The van der Waals surface area contributed by atoms with E-state index < -0.39 is 0 Å². The molecule has 0 radical (unpaired) electrons. The summed E-state index contributed by atoms with van der Waals surface area (Å²) in [5.74, 6) is 1.16. The van der Waals surface area contributed by atoms with Crippen LogP contribution in [0.3, 0.4) is 0 Å². The van der Waals surface area contributed by atoms with Crippen molar-refractivity contribution in [1.29, 1.82) is 0 Å². The number of hydrogen-bond acceptors (Lipinski definition) is 4. The van der Waals surface area contributed by atoms with Crippen LogP contribution in [0.1, 0.15) is 23.4 Å². The molecule has 3 rings (SSSR count). The van der Waals surface area contributed by atoms with Gasteiger partial charge in [0.05, 0.1) is 6.54 Å². The highest BCUT2D eigenvalue weighted by molar-refractivity contribution is 5.63. The lowest BCUT2D eigenvalue weighted by Crippen LogP contribution is -1.96. The third-order valence-corrected chi connectivity index (χ3v) is 3.03. The number of hydrogen-bond donors (Lipinski definition) is 1. The molecule has 0 aliphatic heterocycles. The van der Waals surface area contributed by atoms with Crippen LogP contribution in [0.5, 0.6) is 0 Å². The highest BCUT2D eigenvalue weighted by atomic mass is 16.5. The Balaban J connectivity index is 2.09. The average Bonchev–Trinajstić information content (AvgIpc) is 2.97. The quantitative estimate of drug-likeness (QED) is 0.827. The molecule has 1 aromatic heterocycles. The van der Waals surface area contributed by atoms with E-state index in [0.717, 1.165) is 18.4 Å². The average molecular weight is 215 g/mol. The molecule has 82 valence electrons. The lowest BCUT2D eigenvalue weighted by Gasteiger charge is -2.03. The van der Waals surface area contributed by atoms with Gasteiger partial charge >= 0.3 is 0 Å². The maximum Gasteiger partial charge on any atom is 0.240 e. The van der Waals surface area contributed by atoms with Crippen LogP contribution in [0, 0.1) is 0 Å². The highest BCUT2D eigenvalue weighted by Crippen LogP contribution is 2.30. The fourth-order valence-electron chi connectivity index (χ4n) is 2.28. The molecule has 4 heteroatoms. The van der Waals surface area contributed by atoms with Crippen molar-refractivity contribution in [3.8, 4) is 11.4 Å². The van der Waals surface area contributed by atoms with Gasteiger partial charge in [-0.05, 0) is 30.4 Å². The van der Waals surface area contributed by atoms with Gasteiger partial charge in [0.1, 0.15) is 0 Å². The monoisotopic (exact) mass is 215 g/mol. The molecule has 0 spiro atoms. The lowest BCUT2D eigenvalue weighted by atomic mass is 10.0. The molecule has 0 fully saturated rings. The smallest absolute Gasteiger partial charge is 0.240 e. The topological polar surface area (TPSA) is 64.9 Å². The van der Waals surface area contributed by atoms with Crippen LogP contribution >= 0.6 is 0 Å². The molecule has 2 aromatic rings. The molecule has 16 heavy (non-hydrogen) atoms. The van der Waals surface area contributed by atoms with Gasteiger partial charge in [0.15, 0.2) is 0 Å². The molecule has 0 bridgehead atoms. The number of nitrogens with zero attached hydrogens (tertiary/aromatic N) is 2. The zero-order valence-electron chi connectivity index (χ0n) is 8.94. The van der Waals surface area contributed by atoms with Crippen LogP contribution in [0.2, 0.25) is 0 Å². The van der Waals surface area contributed by atoms with E-state index in [2.05, 4.69) is 28.3 Å². The molecule has 0 atom stereocenters. The summed E-state index contributed by atoms with van der Waals surface area (Å²) >= 11 is 0. The normalized spacial score (nSPS) is 14.1. The fourth-order valence-corrected chi connectivity index (χ4v) is 2.28. The first-order valence-corrected chi connectivity index (χ1v) is 5.52. The van der Waals surface area contributed by atoms with Gasteiger partial charge < -0.3 is 10.3 Å². The number of fused-ring (bicyclic) bond motifs is 1. The van der Waals surface area contributed by atoms with Gasteiger partial charge in [0.25, 0.3) is 0 Å². The molecule has 1 aliphatic rings. The largest absolute Gasteiger partial charge is 0.338 e. The van der Waals surface area contributed by atoms with Crippen molar-refractivity contribution in [2.45, 2.75) is 25.8 Å². The molecular formula is C12H13N3O. The van der Waals surface area contributed by atoms with E-state index in [-0.39, 0.29) is 0 Å². The number of benzene rings is 1. The second-order valence-electron chi connectivity index (χ2n) is 4.01. The predicted molar refractivity (Wildman–Crippen MR) is 59.7 cm³/mol. The van der Waals surface area contributed by atoms with Crippen LogP contribution in [-0.2, 0) is 19.4 Å². The van der Waals surface area contributed by atoms with E-state index in [1.54, 1.807) is 0 Å². The Morgan fingerprint density at radius 1 is 1.31 bits per heavy atom. The van der Waals surface area contributed by atoms with Crippen molar-refractivity contribution in [2.24, 2.45) is 5.73 Å². The van der Waals surface area contributed by atoms with E-state index in [1.807, 2.05) is 0 Å². The Morgan fingerprint density at radius 2 is 2.25 bits per heavy atom. The third kappa shape index (κ3) is 1.42. The number of aryl methyl sites for hydroxylation is 1. The van der Waals surface area contributed by atoms with Crippen LogP contribution in [-0.4, -0.2) is 10.1 Å². The van der Waals surface area contributed by atoms with E-state index in [9.17, 15) is 0 Å². The maximum atomic E-state index is 5.46. The molecular weight excluding hydrogens is 202 g/mol. The third-order valence-electron chi connectivity index (χ3n) is 3.03. The van der Waals surface area contributed by atoms with E-state index in [1.165, 1.54) is 17.5 Å². The van der Waals surface area contributed by atoms with Crippen LogP contribution < -0.4 is 5.73 Å². The van der Waals surface area contributed by atoms with Crippen molar-refractivity contribution in [3.05, 3.63) is 35.2 Å². The molecule has 4 nitrogen and oxygen atoms in total. The van der Waals surface area contributed by atoms with Crippen LogP contribution in [0.4, 0.5) is 0 Å². The Kier molecular flexibility index (Phi) is 2.22. The van der Waals surface area contributed by atoms with Crippen LogP contribution in [0.15, 0.2) is 22.7 Å². The second kappa shape index (κ2) is 3.72. The van der Waals surface area contributed by atoms with Gasteiger partial charge in [-0.2, -0.15) is 4.98 Å².